The first kappa shape index (κ1) is 11.6. The second-order valence-electron chi connectivity index (χ2n) is 4.12. The van der Waals surface area contributed by atoms with Crippen LogP contribution in [0.5, 0.6) is 0 Å². The third kappa shape index (κ3) is 2.81. The van der Waals surface area contributed by atoms with E-state index in [9.17, 15) is 9.59 Å². The van der Waals surface area contributed by atoms with Crippen LogP contribution in [0, 0.1) is 6.92 Å². The van der Waals surface area contributed by atoms with Crippen molar-refractivity contribution >= 4 is 11.8 Å². The number of rotatable bonds is 2. The molecule has 5 heteroatoms. The van der Waals surface area contributed by atoms with Crippen molar-refractivity contribution in [3.8, 4) is 0 Å². The summed E-state index contributed by atoms with van der Waals surface area (Å²) >= 11 is 0. The number of aromatic nitrogens is 1. The molecule has 0 saturated carbocycles. The highest BCUT2D eigenvalue weighted by molar-refractivity contribution is 5.96. The van der Waals surface area contributed by atoms with E-state index in [0.717, 1.165) is 12.1 Å². The van der Waals surface area contributed by atoms with E-state index in [2.05, 4.69) is 15.6 Å². The molecule has 2 amide bonds. The quantitative estimate of drug-likeness (QED) is 0.776. The molecular weight excluding hydrogens is 218 g/mol. The molecule has 0 aliphatic carbocycles. The third-order valence-electron chi connectivity index (χ3n) is 2.71. The fourth-order valence-electron chi connectivity index (χ4n) is 1.81. The van der Waals surface area contributed by atoms with Crippen molar-refractivity contribution in [3.05, 3.63) is 29.6 Å². The molecule has 1 saturated heterocycles. The molecule has 1 atom stereocenters. The summed E-state index contributed by atoms with van der Waals surface area (Å²) in [5, 5.41) is 5.42. The Labute approximate surface area is 99.6 Å². The number of hydrogen-bond donors (Lipinski definition) is 2. The van der Waals surface area contributed by atoms with Crippen LogP contribution in [0.2, 0.25) is 0 Å². The zero-order valence-corrected chi connectivity index (χ0v) is 9.69. The fraction of sp³-hybridized carbons (Fsp3) is 0.417. The Balaban J connectivity index is 2.03. The Kier molecular flexibility index (Phi) is 3.37. The van der Waals surface area contributed by atoms with Crippen LogP contribution in [0.3, 0.4) is 0 Å². The van der Waals surface area contributed by atoms with Crippen molar-refractivity contribution in [2.75, 3.05) is 6.54 Å². The summed E-state index contributed by atoms with van der Waals surface area (Å²) < 4.78 is 0. The Bertz CT molecular complexity index is 445. The highest BCUT2D eigenvalue weighted by atomic mass is 16.2. The van der Waals surface area contributed by atoms with E-state index in [1.807, 2.05) is 13.0 Å². The molecule has 0 spiro atoms. The lowest BCUT2D eigenvalue weighted by atomic mass is 10.1. The third-order valence-corrected chi connectivity index (χ3v) is 2.71. The summed E-state index contributed by atoms with van der Waals surface area (Å²) in [6, 6.07) is 4.81. The van der Waals surface area contributed by atoms with Gasteiger partial charge in [0.25, 0.3) is 5.91 Å². The van der Waals surface area contributed by atoms with Gasteiger partial charge in [-0.1, -0.05) is 6.07 Å². The number of carbonyl (C=O) groups excluding carboxylic acids is 2. The topological polar surface area (TPSA) is 71.1 Å². The first-order valence-corrected chi connectivity index (χ1v) is 5.69. The van der Waals surface area contributed by atoms with Gasteiger partial charge in [0.2, 0.25) is 5.91 Å². The Morgan fingerprint density at radius 3 is 3.06 bits per heavy atom. The first-order chi connectivity index (χ1) is 8.16. The van der Waals surface area contributed by atoms with Gasteiger partial charge in [0.15, 0.2) is 0 Å². The molecule has 90 valence electrons. The van der Waals surface area contributed by atoms with Gasteiger partial charge in [-0.15, -0.1) is 0 Å². The largest absolute Gasteiger partial charge is 0.354 e. The number of amides is 2. The van der Waals surface area contributed by atoms with Crippen LogP contribution in [0.4, 0.5) is 0 Å². The van der Waals surface area contributed by atoms with Gasteiger partial charge in [0.1, 0.15) is 11.7 Å². The van der Waals surface area contributed by atoms with Crippen molar-refractivity contribution in [2.45, 2.75) is 25.8 Å². The van der Waals surface area contributed by atoms with Crippen LogP contribution in [0.15, 0.2) is 18.2 Å². The molecule has 1 aromatic heterocycles. The van der Waals surface area contributed by atoms with Gasteiger partial charge in [-0.25, -0.2) is 4.98 Å². The van der Waals surface area contributed by atoms with Gasteiger partial charge in [0.05, 0.1) is 0 Å². The summed E-state index contributed by atoms with van der Waals surface area (Å²) in [6.45, 7) is 2.51. The molecule has 0 aromatic carbocycles. The van der Waals surface area contributed by atoms with Crippen LogP contribution in [0.25, 0.3) is 0 Å². The second-order valence-corrected chi connectivity index (χ2v) is 4.12. The minimum Gasteiger partial charge on any atom is -0.354 e. The zero-order chi connectivity index (χ0) is 12.3. The van der Waals surface area contributed by atoms with E-state index in [0.29, 0.717) is 18.7 Å². The van der Waals surface area contributed by atoms with Gasteiger partial charge < -0.3 is 10.6 Å². The van der Waals surface area contributed by atoms with Crippen LogP contribution < -0.4 is 10.6 Å². The van der Waals surface area contributed by atoms with Crippen molar-refractivity contribution in [1.29, 1.82) is 0 Å². The molecule has 2 rings (SSSR count). The molecule has 2 N–H and O–H groups in total. The summed E-state index contributed by atoms with van der Waals surface area (Å²) in [5.74, 6) is -0.409. The molecule has 1 fully saturated rings. The predicted octanol–water partition coefficient (Wildman–Crippen LogP) is 0.398. The van der Waals surface area contributed by atoms with Crippen molar-refractivity contribution in [3.63, 3.8) is 0 Å². The normalized spacial score (nSPS) is 19.6. The molecule has 5 nitrogen and oxygen atoms in total. The summed E-state index contributed by atoms with van der Waals surface area (Å²) in [5.41, 5.74) is 1.13. The fourth-order valence-corrected chi connectivity index (χ4v) is 1.81. The maximum Gasteiger partial charge on any atom is 0.270 e. The number of nitrogens with one attached hydrogen (secondary N) is 2. The van der Waals surface area contributed by atoms with E-state index in [1.54, 1.807) is 12.1 Å². The predicted molar refractivity (Wildman–Crippen MR) is 62.5 cm³/mol. The lowest BCUT2D eigenvalue weighted by Gasteiger charge is -2.22. The maximum absolute atomic E-state index is 11.9. The van der Waals surface area contributed by atoms with E-state index < -0.39 is 6.04 Å². The lowest BCUT2D eigenvalue weighted by molar-refractivity contribution is -0.124. The number of aryl methyl sites for hydroxylation is 1. The summed E-state index contributed by atoms with van der Waals surface area (Å²) in [4.78, 5) is 27.5. The summed E-state index contributed by atoms with van der Waals surface area (Å²) in [7, 11) is 0. The number of hydrogen-bond acceptors (Lipinski definition) is 3. The molecule has 17 heavy (non-hydrogen) atoms. The maximum atomic E-state index is 11.9. The molecule has 1 aliphatic heterocycles. The number of nitrogens with zero attached hydrogens (tertiary/aromatic N) is 1. The van der Waals surface area contributed by atoms with Crippen LogP contribution in [-0.2, 0) is 4.79 Å². The molecule has 2 heterocycles. The van der Waals surface area contributed by atoms with Gasteiger partial charge in [-0.3, -0.25) is 9.59 Å². The van der Waals surface area contributed by atoms with Crippen molar-refractivity contribution < 1.29 is 9.59 Å². The van der Waals surface area contributed by atoms with Gasteiger partial charge >= 0.3 is 0 Å². The highest BCUT2D eigenvalue weighted by Crippen LogP contribution is 2.05. The SMILES string of the molecule is Cc1cccc(C(=O)NC2CCCNC2=O)n1. The van der Waals surface area contributed by atoms with Crippen molar-refractivity contribution in [1.82, 2.24) is 15.6 Å². The minimum absolute atomic E-state index is 0.114. The van der Waals surface area contributed by atoms with Gasteiger partial charge in [-0.05, 0) is 31.9 Å². The number of piperidine rings is 1. The second kappa shape index (κ2) is 4.95. The van der Waals surface area contributed by atoms with Crippen LogP contribution in [0.1, 0.15) is 29.0 Å². The molecule has 1 aromatic rings. The Hall–Kier alpha value is -1.91. The molecule has 1 aliphatic rings. The average molecular weight is 233 g/mol. The minimum atomic E-state index is -0.432. The zero-order valence-electron chi connectivity index (χ0n) is 9.69. The Morgan fingerprint density at radius 2 is 2.35 bits per heavy atom. The number of carbonyl (C=O) groups is 2. The van der Waals surface area contributed by atoms with E-state index >= 15 is 0 Å². The van der Waals surface area contributed by atoms with Gasteiger partial charge in [-0.2, -0.15) is 0 Å². The standard InChI is InChI=1S/C12H15N3O2/c1-8-4-2-5-10(14-8)12(17)15-9-6-3-7-13-11(9)16/h2,4-5,9H,3,6-7H2,1H3,(H,13,16)(H,15,17). The van der Waals surface area contributed by atoms with Gasteiger partial charge in [0, 0.05) is 12.2 Å². The average Bonchev–Trinajstić information content (AvgIpc) is 2.32. The van der Waals surface area contributed by atoms with E-state index in [4.69, 9.17) is 0 Å². The van der Waals surface area contributed by atoms with E-state index in [-0.39, 0.29) is 11.8 Å². The lowest BCUT2D eigenvalue weighted by Crippen LogP contribution is -2.50. The van der Waals surface area contributed by atoms with E-state index in [1.165, 1.54) is 0 Å². The molecule has 0 radical (unpaired) electrons. The van der Waals surface area contributed by atoms with Crippen LogP contribution >= 0.6 is 0 Å². The highest BCUT2D eigenvalue weighted by Gasteiger charge is 2.24. The molecular formula is C12H15N3O2. The van der Waals surface area contributed by atoms with Crippen LogP contribution in [-0.4, -0.2) is 29.4 Å². The Morgan fingerprint density at radius 1 is 1.53 bits per heavy atom. The smallest absolute Gasteiger partial charge is 0.270 e. The molecule has 1 unspecified atom stereocenters. The van der Waals surface area contributed by atoms with Crippen molar-refractivity contribution in [2.24, 2.45) is 0 Å². The monoisotopic (exact) mass is 233 g/mol. The first-order valence-electron chi connectivity index (χ1n) is 5.69. The summed E-state index contributed by atoms with van der Waals surface area (Å²) in [6.07, 6.45) is 1.57. The number of pyridine rings is 1. The molecule has 0 bridgehead atoms.